The van der Waals surface area contributed by atoms with Crippen molar-refractivity contribution in [3.63, 3.8) is 0 Å². The second-order valence-electron chi connectivity index (χ2n) is 11.3. The number of fused-ring (bicyclic) bond motifs is 9. The summed E-state index contributed by atoms with van der Waals surface area (Å²) in [5.41, 5.74) is 7.76. The zero-order valence-electron chi connectivity index (χ0n) is 23.9. The van der Waals surface area contributed by atoms with Crippen LogP contribution in [0, 0.1) is 0 Å². The van der Waals surface area contributed by atoms with Crippen molar-refractivity contribution < 1.29 is 0 Å². The summed E-state index contributed by atoms with van der Waals surface area (Å²) in [5, 5.41) is 4.86. The summed E-state index contributed by atoms with van der Waals surface area (Å²) < 4.78 is 4.66. The summed E-state index contributed by atoms with van der Waals surface area (Å²) >= 11 is 1.83. The Kier molecular flexibility index (Phi) is 5.21. The lowest BCUT2D eigenvalue weighted by molar-refractivity contribution is 0.910. The molecule has 0 bridgehead atoms. The summed E-state index contributed by atoms with van der Waals surface area (Å²) in [7, 11) is 0. The van der Waals surface area contributed by atoms with Crippen molar-refractivity contribution in [1.29, 1.82) is 0 Å². The number of nitrogens with zero attached hydrogens (tertiary/aromatic N) is 7. The van der Waals surface area contributed by atoms with Gasteiger partial charge in [0.2, 0.25) is 5.95 Å². The molecule has 8 heteroatoms. The predicted octanol–water partition coefficient (Wildman–Crippen LogP) is 8.45. The van der Waals surface area contributed by atoms with Crippen molar-refractivity contribution in [3.8, 4) is 23.0 Å². The molecule has 0 amide bonds. The molecule has 0 fully saturated rings. The minimum Gasteiger partial charge on any atom is -0.307 e. The third-order valence-corrected chi connectivity index (χ3v) is 9.90. The lowest BCUT2D eigenvalue weighted by atomic mass is 10.1. The largest absolute Gasteiger partial charge is 0.307 e. The summed E-state index contributed by atoms with van der Waals surface area (Å²) in [6.07, 6.45) is 8.20. The topological polar surface area (TPSA) is 73.8 Å². The molecule has 10 rings (SSSR count). The fourth-order valence-electron chi connectivity index (χ4n) is 6.88. The van der Waals surface area contributed by atoms with E-state index in [1.54, 1.807) is 12.4 Å². The molecule has 0 N–H and O–H groups in total. The highest BCUT2D eigenvalue weighted by Crippen LogP contribution is 2.51. The fraction of sp³-hybridized carbons (Fsp3) is 0.0541. The summed E-state index contributed by atoms with van der Waals surface area (Å²) in [4.78, 5) is 26.3. The maximum absolute atomic E-state index is 5.16. The molecule has 45 heavy (non-hydrogen) atoms. The van der Waals surface area contributed by atoms with Crippen molar-refractivity contribution >= 4 is 67.2 Å². The summed E-state index contributed by atoms with van der Waals surface area (Å²) in [5.74, 6) is 1.89. The maximum Gasteiger partial charge on any atom is 0.238 e. The van der Waals surface area contributed by atoms with Crippen LogP contribution < -0.4 is 0 Å². The maximum atomic E-state index is 5.16. The van der Waals surface area contributed by atoms with Crippen LogP contribution in [0.3, 0.4) is 0 Å². The highest BCUT2D eigenvalue weighted by molar-refractivity contribution is 7.99. The van der Waals surface area contributed by atoms with Gasteiger partial charge < -0.3 is 4.57 Å². The molecular formula is C37H23N7S. The number of hydrogen-bond donors (Lipinski definition) is 0. The molecule has 8 aromatic rings. The molecule has 6 heterocycles. The summed E-state index contributed by atoms with van der Waals surface area (Å²) in [6, 6.07) is 32.3. The van der Waals surface area contributed by atoms with Gasteiger partial charge in [0.05, 0.1) is 27.8 Å². The molecule has 0 atom stereocenters. The van der Waals surface area contributed by atoms with E-state index in [2.05, 4.69) is 98.0 Å². The number of dihydropyridines is 1. The standard InChI is InChI=1S/C37H23N7S/c1-4-10-27-24(7-1)32-29(21-31-34-33(32)25-8-2-3-9-26(25)43(34)28-11-5-6-12-30(28)45-31)44(27)37-41-35(22-13-17-38-18-14-22)40-36(42-37)23-15-19-39-20-16-23/h1-15,17-19,21H,16,20H2. The molecular weight excluding hydrogens is 575 g/mol. The van der Waals surface area contributed by atoms with Gasteiger partial charge in [-0.05, 0) is 55.0 Å². The third-order valence-electron chi connectivity index (χ3n) is 8.80. The molecule has 0 spiro atoms. The van der Waals surface area contributed by atoms with Crippen LogP contribution in [0.5, 0.6) is 0 Å². The van der Waals surface area contributed by atoms with Crippen LogP contribution in [-0.4, -0.2) is 41.8 Å². The highest BCUT2D eigenvalue weighted by Gasteiger charge is 2.28. The van der Waals surface area contributed by atoms with Gasteiger partial charge in [0.15, 0.2) is 11.6 Å². The van der Waals surface area contributed by atoms with Gasteiger partial charge in [0.1, 0.15) is 0 Å². The second-order valence-corrected chi connectivity index (χ2v) is 12.4. The third kappa shape index (κ3) is 3.57. The SMILES string of the molecule is C1=NCCC(c2nc(-c3ccncc3)nc(-n3c4ccccc4c4c5c6ccccc6n6c5c(cc43)Sc3ccccc3-6)n2)=C1. The Morgan fingerprint density at radius 1 is 0.644 bits per heavy atom. The molecule has 2 aliphatic rings. The number of rotatable bonds is 3. The smallest absolute Gasteiger partial charge is 0.238 e. The van der Waals surface area contributed by atoms with Gasteiger partial charge in [-0.1, -0.05) is 60.3 Å². The number of para-hydroxylation sites is 3. The van der Waals surface area contributed by atoms with Crippen molar-refractivity contribution in [2.24, 2.45) is 4.99 Å². The number of aliphatic imine (C=N–C) groups is 1. The van der Waals surface area contributed by atoms with E-state index in [9.17, 15) is 0 Å². The molecule has 7 nitrogen and oxygen atoms in total. The van der Waals surface area contributed by atoms with Gasteiger partial charge in [-0.2, -0.15) is 9.97 Å². The van der Waals surface area contributed by atoms with Gasteiger partial charge in [0, 0.05) is 67.6 Å². The van der Waals surface area contributed by atoms with Crippen molar-refractivity contribution in [3.05, 3.63) is 115 Å². The van der Waals surface area contributed by atoms with E-state index in [-0.39, 0.29) is 0 Å². The molecule has 4 aromatic carbocycles. The number of pyridine rings is 1. The fourth-order valence-corrected chi connectivity index (χ4v) is 7.99. The van der Waals surface area contributed by atoms with Crippen molar-refractivity contribution in [1.82, 2.24) is 29.1 Å². The Morgan fingerprint density at radius 2 is 1.38 bits per heavy atom. The lowest BCUT2D eigenvalue weighted by Crippen LogP contribution is -2.09. The van der Waals surface area contributed by atoms with Crippen LogP contribution in [0.2, 0.25) is 0 Å². The van der Waals surface area contributed by atoms with E-state index in [4.69, 9.17) is 15.0 Å². The van der Waals surface area contributed by atoms with E-state index in [0.717, 1.165) is 35.1 Å². The van der Waals surface area contributed by atoms with E-state index in [1.807, 2.05) is 36.2 Å². The lowest BCUT2D eigenvalue weighted by Gasteiger charge is -2.20. The van der Waals surface area contributed by atoms with E-state index in [0.29, 0.717) is 17.6 Å². The Morgan fingerprint density at radius 3 is 2.20 bits per heavy atom. The molecule has 2 aliphatic heterocycles. The van der Waals surface area contributed by atoms with Gasteiger partial charge in [0.25, 0.3) is 0 Å². The minimum atomic E-state index is 0.595. The van der Waals surface area contributed by atoms with Crippen molar-refractivity contribution in [2.75, 3.05) is 6.54 Å². The van der Waals surface area contributed by atoms with Gasteiger partial charge >= 0.3 is 0 Å². The molecule has 0 saturated carbocycles. The van der Waals surface area contributed by atoms with E-state index >= 15 is 0 Å². The normalized spacial score (nSPS) is 14.0. The monoisotopic (exact) mass is 597 g/mol. The molecule has 0 saturated heterocycles. The zero-order valence-corrected chi connectivity index (χ0v) is 24.7. The van der Waals surface area contributed by atoms with E-state index < -0.39 is 0 Å². The van der Waals surface area contributed by atoms with Crippen molar-refractivity contribution in [2.45, 2.75) is 16.2 Å². The second kappa shape index (κ2) is 9.45. The molecule has 0 aliphatic carbocycles. The van der Waals surface area contributed by atoms with Gasteiger partial charge in [-0.15, -0.1) is 0 Å². The number of hydrogen-bond acceptors (Lipinski definition) is 6. The Labute approximate surface area is 261 Å². The molecule has 212 valence electrons. The van der Waals surface area contributed by atoms with Gasteiger partial charge in [-0.3, -0.25) is 14.5 Å². The van der Waals surface area contributed by atoms with E-state index in [1.165, 1.54) is 48.1 Å². The first-order valence-corrected chi connectivity index (χ1v) is 15.8. The first kappa shape index (κ1) is 24.8. The first-order chi connectivity index (χ1) is 22.3. The molecule has 4 aromatic heterocycles. The average molecular weight is 598 g/mol. The Balaban J connectivity index is 1.36. The van der Waals surface area contributed by atoms with Crippen LogP contribution in [0.25, 0.3) is 72.2 Å². The van der Waals surface area contributed by atoms with Crippen LogP contribution in [0.15, 0.2) is 124 Å². The Hall–Kier alpha value is -5.60. The molecule has 0 unspecified atom stereocenters. The average Bonchev–Trinajstić information content (AvgIpc) is 3.63. The highest BCUT2D eigenvalue weighted by atomic mass is 32.2. The number of aromatic nitrogens is 6. The van der Waals surface area contributed by atoms with Crippen LogP contribution in [0.4, 0.5) is 0 Å². The summed E-state index contributed by atoms with van der Waals surface area (Å²) in [6.45, 7) is 0.719. The Bertz CT molecular complexity index is 2580. The predicted molar refractivity (Wildman–Crippen MR) is 182 cm³/mol. The van der Waals surface area contributed by atoms with Crippen LogP contribution in [0.1, 0.15) is 12.2 Å². The first-order valence-electron chi connectivity index (χ1n) is 15.0. The van der Waals surface area contributed by atoms with Gasteiger partial charge in [-0.25, -0.2) is 4.98 Å². The van der Waals surface area contributed by atoms with Crippen LogP contribution in [-0.2, 0) is 0 Å². The minimum absolute atomic E-state index is 0.595. The quantitative estimate of drug-likeness (QED) is 0.204. The molecule has 0 radical (unpaired) electrons. The number of allylic oxidation sites excluding steroid dienone is 1. The number of benzene rings is 4. The van der Waals surface area contributed by atoms with Crippen LogP contribution >= 0.6 is 11.8 Å². The zero-order chi connectivity index (χ0) is 29.5.